The highest BCUT2D eigenvalue weighted by Crippen LogP contribution is 2.36. The Morgan fingerprint density at radius 1 is 1.03 bits per heavy atom. The molecule has 0 heterocycles. The van der Waals surface area contributed by atoms with Crippen LogP contribution in [0.15, 0.2) is 43.0 Å². The van der Waals surface area contributed by atoms with E-state index >= 15 is 0 Å². The lowest BCUT2D eigenvalue weighted by Crippen LogP contribution is -2.30. The Morgan fingerprint density at radius 3 is 2.44 bits per heavy atom. The summed E-state index contributed by atoms with van der Waals surface area (Å²) in [6.07, 6.45) is 0.499. The van der Waals surface area contributed by atoms with Crippen molar-refractivity contribution in [1.82, 2.24) is 5.32 Å². The number of amides is 1. The third kappa shape index (κ3) is 8.18. The zero-order valence-corrected chi connectivity index (χ0v) is 18.1. The van der Waals surface area contributed by atoms with Crippen LogP contribution >= 0.6 is 0 Å². The Labute approximate surface area is 186 Å². The predicted molar refractivity (Wildman–Crippen MR) is 118 cm³/mol. The van der Waals surface area contributed by atoms with E-state index < -0.39 is 12.1 Å². The van der Waals surface area contributed by atoms with Gasteiger partial charge in [0.2, 0.25) is 0 Å². The second kappa shape index (κ2) is 14.0. The predicted octanol–water partition coefficient (Wildman–Crippen LogP) is 2.37. The van der Waals surface area contributed by atoms with Gasteiger partial charge in [0.05, 0.1) is 33.0 Å². The number of benzene rings is 2. The molecule has 32 heavy (non-hydrogen) atoms. The minimum atomic E-state index is -0.592. The fraction of sp³-hybridized carbons (Fsp3) is 0.391. The van der Waals surface area contributed by atoms with Crippen molar-refractivity contribution >= 4 is 22.8 Å². The van der Waals surface area contributed by atoms with Crippen molar-refractivity contribution in [2.45, 2.75) is 6.92 Å². The lowest BCUT2D eigenvalue weighted by atomic mass is 10.0. The van der Waals surface area contributed by atoms with E-state index in [1.165, 1.54) is 0 Å². The first-order chi connectivity index (χ1) is 15.6. The van der Waals surface area contributed by atoms with Gasteiger partial charge in [-0.25, -0.2) is 9.59 Å². The summed E-state index contributed by atoms with van der Waals surface area (Å²) in [6.45, 7) is 6.86. The summed E-state index contributed by atoms with van der Waals surface area (Å²) in [4.78, 5) is 23.1. The van der Waals surface area contributed by atoms with Gasteiger partial charge in [0.15, 0.2) is 0 Å². The monoisotopic (exact) mass is 447 g/mol. The molecule has 9 nitrogen and oxygen atoms in total. The van der Waals surface area contributed by atoms with E-state index in [0.717, 1.165) is 22.4 Å². The lowest BCUT2D eigenvalue weighted by Gasteiger charge is -2.15. The van der Waals surface area contributed by atoms with Crippen molar-refractivity contribution in [3.63, 3.8) is 0 Å². The Morgan fingerprint density at radius 2 is 1.72 bits per heavy atom. The largest absolute Gasteiger partial charge is 0.491 e. The SMILES string of the molecule is C=CC(=O)OCCOCCOCCNC(=O)Oc1c(C)cc(OCCO)c2ccccc12. The molecule has 0 bridgehead atoms. The first-order valence-electron chi connectivity index (χ1n) is 10.2. The van der Waals surface area contributed by atoms with Crippen molar-refractivity contribution in [1.29, 1.82) is 0 Å². The first kappa shape index (κ1) is 25.1. The molecule has 0 aliphatic heterocycles. The number of hydrogen-bond donors (Lipinski definition) is 2. The zero-order valence-electron chi connectivity index (χ0n) is 18.1. The van der Waals surface area contributed by atoms with Gasteiger partial charge < -0.3 is 34.1 Å². The van der Waals surface area contributed by atoms with Crippen LogP contribution in [0, 0.1) is 6.92 Å². The summed E-state index contributed by atoms with van der Waals surface area (Å²) < 4.78 is 26.5. The smallest absolute Gasteiger partial charge is 0.412 e. The summed E-state index contributed by atoms with van der Waals surface area (Å²) in [6, 6.07) is 9.20. The minimum Gasteiger partial charge on any atom is -0.491 e. The number of aliphatic hydroxyl groups is 1. The average molecular weight is 447 g/mol. The van der Waals surface area contributed by atoms with E-state index in [1.54, 1.807) is 6.07 Å². The number of aliphatic hydroxyl groups excluding tert-OH is 1. The molecule has 0 atom stereocenters. The van der Waals surface area contributed by atoms with Crippen LogP contribution in [-0.4, -0.2) is 70.0 Å². The number of esters is 1. The van der Waals surface area contributed by atoms with Gasteiger partial charge in [-0.1, -0.05) is 30.8 Å². The molecule has 174 valence electrons. The van der Waals surface area contributed by atoms with Crippen molar-refractivity contribution < 1.29 is 38.4 Å². The van der Waals surface area contributed by atoms with Crippen LogP contribution < -0.4 is 14.8 Å². The van der Waals surface area contributed by atoms with E-state index in [2.05, 4.69) is 11.9 Å². The van der Waals surface area contributed by atoms with Crippen LogP contribution in [0.4, 0.5) is 4.79 Å². The molecule has 2 N–H and O–H groups in total. The topological polar surface area (TPSA) is 113 Å². The molecule has 0 saturated heterocycles. The maximum absolute atomic E-state index is 12.2. The maximum Gasteiger partial charge on any atom is 0.412 e. The highest BCUT2D eigenvalue weighted by molar-refractivity contribution is 5.95. The molecule has 2 aromatic carbocycles. The molecule has 0 unspecified atom stereocenters. The van der Waals surface area contributed by atoms with Gasteiger partial charge in [-0.2, -0.15) is 0 Å². The van der Waals surface area contributed by atoms with E-state index in [4.69, 9.17) is 28.8 Å². The normalized spacial score (nSPS) is 10.6. The van der Waals surface area contributed by atoms with Crippen LogP contribution in [0.1, 0.15) is 5.56 Å². The molecular formula is C23H29NO8. The fourth-order valence-corrected chi connectivity index (χ4v) is 2.79. The number of aryl methyl sites for hydroxylation is 1. The highest BCUT2D eigenvalue weighted by atomic mass is 16.6. The van der Waals surface area contributed by atoms with Gasteiger partial charge in [-0.05, 0) is 18.6 Å². The van der Waals surface area contributed by atoms with Crippen molar-refractivity contribution in [3.8, 4) is 11.5 Å². The van der Waals surface area contributed by atoms with Crippen LogP contribution in [-0.2, 0) is 19.0 Å². The van der Waals surface area contributed by atoms with Crippen LogP contribution in [0.2, 0.25) is 0 Å². The van der Waals surface area contributed by atoms with Gasteiger partial charge in [0, 0.05) is 23.4 Å². The third-order valence-corrected chi connectivity index (χ3v) is 4.21. The molecule has 0 spiro atoms. The summed E-state index contributed by atoms with van der Waals surface area (Å²) in [5.41, 5.74) is 0.735. The van der Waals surface area contributed by atoms with Crippen molar-refractivity contribution in [2.24, 2.45) is 0 Å². The highest BCUT2D eigenvalue weighted by Gasteiger charge is 2.14. The molecule has 0 aliphatic carbocycles. The quantitative estimate of drug-likeness (QED) is 0.258. The summed E-state index contributed by atoms with van der Waals surface area (Å²) in [5, 5.41) is 13.2. The minimum absolute atomic E-state index is 0.0899. The van der Waals surface area contributed by atoms with Crippen molar-refractivity contribution in [2.75, 3.05) is 52.8 Å². The third-order valence-electron chi connectivity index (χ3n) is 4.21. The second-order valence-electron chi connectivity index (χ2n) is 6.55. The van der Waals surface area contributed by atoms with Gasteiger partial charge in [0.25, 0.3) is 0 Å². The number of ether oxygens (including phenoxy) is 5. The van der Waals surface area contributed by atoms with Gasteiger partial charge in [0.1, 0.15) is 24.7 Å². The van der Waals surface area contributed by atoms with E-state index in [9.17, 15) is 9.59 Å². The number of carbonyl (C=O) groups is 2. The molecule has 0 saturated carbocycles. The average Bonchev–Trinajstić information content (AvgIpc) is 2.80. The standard InChI is InChI=1S/C23H29NO8/c1-3-21(26)31-15-14-29-13-12-28-10-8-24-23(27)32-22-17(2)16-20(30-11-9-25)18-6-4-5-7-19(18)22/h3-7,16,25H,1,8-15H2,2H3,(H,24,27). The number of hydrogen-bond acceptors (Lipinski definition) is 8. The van der Waals surface area contributed by atoms with Crippen LogP contribution in [0.25, 0.3) is 10.8 Å². The molecule has 0 fully saturated rings. The molecule has 1 amide bonds. The zero-order chi connectivity index (χ0) is 23.2. The van der Waals surface area contributed by atoms with E-state index in [0.29, 0.717) is 24.7 Å². The fourth-order valence-electron chi connectivity index (χ4n) is 2.79. The van der Waals surface area contributed by atoms with Crippen LogP contribution in [0.3, 0.4) is 0 Å². The Bertz CT molecular complexity index is 899. The molecule has 2 aromatic rings. The molecular weight excluding hydrogens is 418 g/mol. The first-order valence-corrected chi connectivity index (χ1v) is 10.2. The molecule has 0 aliphatic rings. The number of carbonyl (C=O) groups excluding carboxylic acids is 2. The molecule has 0 aromatic heterocycles. The lowest BCUT2D eigenvalue weighted by molar-refractivity contribution is -0.139. The maximum atomic E-state index is 12.2. The summed E-state index contributed by atoms with van der Waals surface area (Å²) in [5.74, 6) is 0.576. The molecule has 2 rings (SSSR count). The van der Waals surface area contributed by atoms with E-state index in [1.807, 2.05) is 31.2 Å². The summed E-state index contributed by atoms with van der Waals surface area (Å²) >= 11 is 0. The number of nitrogens with one attached hydrogen (secondary N) is 1. The molecule has 9 heteroatoms. The van der Waals surface area contributed by atoms with Gasteiger partial charge >= 0.3 is 12.1 Å². The van der Waals surface area contributed by atoms with Gasteiger partial charge in [-0.3, -0.25) is 0 Å². The summed E-state index contributed by atoms with van der Waals surface area (Å²) in [7, 11) is 0. The van der Waals surface area contributed by atoms with E-state index in [-0.39, 0.29) is 39.6 Å². The van der Waals surface area contributed by atoms with Gasteiger partial charge in [-0.15, -0.1) is 0 Å². The second-order valence-corrected chi connectivity index (χ2v) is 6.55. The Hall–Kier alpha value is -3.14. The van der Waals surface area contributed by atoms with Crippen molar-refractivity contribution in [3.05, 3.63) is 48.6 Å². The Balaban J connectivity index is 1.73. The molecule has 0 radical (unpaired) electrons. The number of fused-ring (bicyclic) bond motifs is 1. The number of rotatable bonds is 14. The Kier molecular flexibility index (Phi) is 11.0. The van der Waals surface area contributed by atoms with Crippen LogP contribution in [0.5, 0.6) is 11.5 Å².